The number of benzene rings is 1. The van der Waals surface area contributed by atoms with Crippen molar-refractivity contribution in [1.82, 2.24) is 14.9 Å². The van der Waals surface area contributed by atoms with E-state index in [1.807, 2.05) is 13.0 Å². The highest BCUT2D eigenvalue weighted by atomic mass is 19.1. The lowest BCUT2D eigenvalue weighted by atomic mass is 10.1. The van der Waals surface area contributed by atoms with Gasteiger partial charge in [-0.1, -0.05) is 12.1 Å². The summed E-state index contributed by atoms with van der Waals surface area (Å²) in [5.74, 6) is 0.899. The zero-order valence-corrected chi connectivity index (χ0v) is 11.1. The zero-order valence-electron chi connectivity index (χ0n) is 11.1. The van der Waals surface area contributed by atoms with Crippen LogP contribution in [0.1, 0.15) is 22.8 Å². The second kappa shape index (κ2) is 5.13. The summed E-state index contributed by atoms with van der Waals surface area (Å²) < 4.78 is 15.4. The fraction of sp³-hybridized carbons (Fsp3) is 0.400. The summed E-state index contributed by atoms with van der Waals surface area (Å²) in [6.07, 6.45) is 1.87. The first-order valence-electron chi connectivity index (χ1n) is 6.74. The van der Waals surface area contributed by atoms with Gasteiger partial charge in [-0.25, -0.2) is 9.37 Å². The predicted molar refractivity (Wildman–Crippen MR) is 72.5 cm³/mol. The van der Waals surface area contributed by atoms with Crippen molar-refractivity contribution in [2.45, 2.75) is 32.9 Å². The highest BCUT2D eigenvalue weighted by Crippen LogP contribution is 2.16. The van der Waals surface area contributed by atoms with Crippen LogP contribution in [0.25, 0.3) is 0 Å². The number of nitrogens with one attached hydrogen (secondary N) is 1. The molecule has 100 valence electrons. The predicted octanol–water partition coefficient (Wildman–Crippen LogP) is 2.22. The molecule has 0 spiro atoms. The van der Waals surface area contributed by atoms with E-state index in [-0.39, 0.29) is 5.82 Å². The molecular weight excluding hydrogens is 241 g/mol. The number of fused-ring (bicyclic) bond motifs is 1. The van der Waals surface area contributed by atoms with Gasteiger partial charge in [-0.2, -0.15) is 0 Å². The van der Waals surface area contributed by atoms with Gasteiger partial charge in [-0.3, -0.25) is 0 Å². The van der Waals surface area contributed by atoms with E-state index in [1.54, 1.807) is 12.1 Å². The van der Waals surface area contributed by atoms with Gasteiger partial charge >= 0.3 is 0 Å². The van der Waals surface area contributed by atoms with Crippen molar-refractivity contribution in [3.8, 4) is 0 Å². The molecule has 1 N–H and O–H groups in total. The summed E-state index contributed by atoms with van der Waals surface area (Å²) in [6, 6.07) is 6.84. The first-order valence-corrected chi connectivity index (χ1v) is 6.74. The molecule has 0 saturated heterocycles. The molecule has 2 aromatic rings. The Bertz CT molecular complexity index is 589. The maximum atomic E-state index is 13.2. The molecule has 0 atom stereocenters. The van der Waals surface area contributed by atoms with Crippen LogP contribution in [0.4, 0.5) is 4.39 Å². The molecule has 1 aromatic heterocycles. The van der Waals surface area contributed by atoms with Crippen molar-refractivity contribution >= 4 is 0 Å². The molecule has 1 aromatic carbocycles. The Labute approximate surface area is 112 Å². The van der Waals surface area contributed by atoms with Gasteiger partial charge in [0.1, 0.15) is 11.6 Å². The molecule has 0 saturated carbocycles. The van der Waals surface area contributed by atoms with Crippen molar-refractivity contribution in [3.05, 3.63) is 52.9 Å². The smallest absolute Gasteiger partial charge is 0.123 e. The highest BCUT2D eigenvalue weighted by Gasteiger charge is 2.17. The van der Waals surface area contributed by atoms with Crippen LogP contribution in [0.5, 0.6) is 0 Å². The van der Waals surface area contributed by atoms with E-state index in [4.69, 9.17) is 0 Å². The molecular formula is C15H18FN3. The van der Waals surface area contributed by atoms with Crippen LogP contribution in [0.15, 0.2) is 24.3 Å². The Balaban J connectivity index is 1.78. The number of hydrogen-bond acceptors (Lipinski definition) is 2. The third-order valence-electron chi connectivity index (χ3n) is 3.69. The van der Waals surface area contributed by atoms with E-state index >= 15 is 0 Å². The summed E-state index contributed by atoms with van der Waals surface area (Å²) >= 11 is 0. The fourth-order valence-electron chi connectivity index (χ4n) is 2.74. The molecule has 1 aliphatic rings. The monoisotopic (exact) mass is 259 g/mol. The molecule has 0 bridgehead atoms. The average molecular weight is 259 g/mol. The molecule has 19 heavy (non-hydrogen) atoms. The lowest BCUT2D eigenvalue weighted by molar-refractivity contribution is 0.579. The van der Waals surface area contributed by atoms with Crippen LogP contribution >= 0.6 is 0 Å². The maximum absolute atomic E-state index is 13.2. The summed E-state index contributed by atoms with van der Waals surface area (Å²) in [5.41, 5.74) is 3.55. The van der Waals surface area contributed by atoms with E-state index < -0.39 is 0 Å². The van der Waals surface area contributed by atoms with Crippen molar-refractivity contribution in [1.29, 1.82) is 0 Å². The van der Waals surface area contributed by atoms with Gasteiger partial charge in [0.05, 0.1) is 5.69 Å². The SMILES string of the molecule is Cc1nc2c(n1CCc1cccc(F)c1)CCNC2. The molecule has 0 amide bonds. The number of rotatable bonds is 3. The summed E-state index contributed by atoms with van der Waals surface area (Å²) in [6.45, 7) is 4.79. The fourth-order valence-corrected chi connectivity index (χ4v) is 2.74. The molecule has 0 fully saturated rings. The Morgan fingerprint density at radius 2 is 2.32 bits per heavy atom. The summed E-state index contributed by atoms with van der Waals surface area (Å²) in [7, 11) is 0. The van der Waals surface area contributed by atoms with Crippen LogP contribution in [0, 0.1) is 12.7 Å². The first-order chi connectivity index (χ1) is 9.24. The number of hydrogen-bond donors (Lipinski definition) is 1. The topological polar surface area (TPSA) is 29.9 Å². The third-order valence-corrected chi connectivity index (χ3v) is 3.69. The second-order valence-electron chi connectivity index (χ2n) is 5.01. The number of aromatic nitrogens is 2. The quantitative estimate of drug-likeness (QED) is 0.916. The van der Waals surface area contributed by atoms with Gasteiger partial charge in [0.2, 0.25) is 0 Å². The normalized spacial score (nSPS) is 14.4. The molecule has 1 aliphatic heterocycles. The molecule has 4 heteroatoms. The van der Waals surface area contributed by atoms with E-state index in [0.717, 1.165) is 43.9 Å². The van der Waals surface area contributed by atoms with Gasteiger partial charge in [0.15, 0.2) is 0 Å². The third kappa shape index (κ3) is 2.54. The van der Waals surface area contributed by atoms with Gasteiger partial charge in [-0.05, 0) is 31.0 Å². The van der Waals surface area contributed by atoms with E-state index in [0.29, 0.717) is 0 Å². The van der Waals surface area contributed by atoms with E-state index in [9.17, 15) is 4.39 Å². The van der Waals surface area contributed by atoms with Crippen LogP contribution < -0.4 is 5.32 Å². The zero-order chi connectivity index (χ0) is 13.2. The van der Waals surface area contributed by atoms with Gasteiger partial charge in [0.25, 0.3) is 0 Å². The minimum Gasteiger partial charge on any atom is -0.332 e. The van der Waals surface area contributed by atoms with Crippen molar-refractivity contribution in [2.75, 3.05) is 6.54 Å². The molecule has 0 aliphatic carbocycles. The Morgan fingerprint density at radius 1 is 1.42 bits per heavy atom. The van der Waals surface area contributed by atoms with Gasteiger partial charge in [0, 0.05) is 31.7 Å². The Morgan fingerprint density at radius 3 is 3.16 bits per heavy atom. The maximum Gasteiger partial charge on any atom is 0.123 e. The van der Waals surface area contributed by atoms with Crippen molar-refractivity contribution in [2.24, 2.45) is 0 Å². The lowest BCUT2D eigenvalue weighted by Crippen LogP contribution is -2.25. The molecule has 3 nitrogen and oxygen atoms in total. The molecule has 0 radical (unpaired) electrons. The largest absolute Gasteiger partial charge is 0.332 e. The summed E-state index contributed by atoms with van der Waals surface area (Å²) in [4.78, 5) is 4.61. The number of nitrogens with zero attached hydrogens (tertiary/aromatic N) is 2. The van der Waals surface area contributed by atoms with Crippen molar-refractivity contribution in [3.63, 3.8) is 0 Å². The van der Waals surface area contributed by atoms with Crippen LogP contribution in [-0.2, 0) is 25.9 Å². The number of imidazole rings is 1. The van der Waals surface area contributed by atoms with Crippen molar-refractivity contribution < 1.29 is 4.39 Å². The molecule has 0 unspecified atom stereocenters. The molecule has 2 heterocycles. The minimum absolute atomic E-state index is 0.161. The highest BCUT2D eigenvalue weighted by molar-refractivity contribution is 5.21. The standard InChI is InChI=1S/C15H18FN3/c1-11-18-14-10-17-7-5-15(14)19(11)8-6-12-3-2-4-13(16)9-12/h2-4,9,17H,5-8,10H2,1H3. The van der Waals surface area contributed by atoms with Gasteiger partial charge < -0.3 is 9.88 Å². The van der Waals surface area contributed by atoms with Crippen LogP contribution in [0.3, 0.4) is 0 Å². The Hall–Kier alpha value is -1.68. The average Bonchev–Trinajstić information content (AvgIpc) is 2.72. The summed E-state index contributed by atoms with van der Waals surface area (Å²) in [5, 5.41) is 3.34. The number of halogens is 1. The van der Waals surface area contributed by atoms with Crippen LogP contribution in [-0.4, -0.2) is 16.1 Å². The van der Waals surface area contributed by atoms with E-state index in [2.05, 4.69) is 14.9 Å². The van der Waals surface area contributed by atoms with Gasteiger partial charge in [-0.15, -0.1) is 0 Å². The van der Waals surface area contributed by atoms with E-state index in [1.165, 1.54) is 17.5 Å². The second-order valence-corrected chi connectivity index (χ2v) is 5.01. The first kappa shape index (κ1) is 12.4. The Kier molecular flexibility index (Phi) is 3.34. The minimum atomic E-state index is -0.161. The van der Waals surface area contributed by atoms with Crippen LogP contribution in [0.2, 0.25) is 0 Å². The lowest BCUT2D eigenvalue weighted by Gasteiger charge is -2.15. The molecule has 3 rings (SSSR count). The number of aryl methyl sites for hydroxylation is 2.